The van der Waals surface area contributed by atoms with Crippen LogP contribution in [-0.2, 0) is 15.0 Å². The van der Waals surface area contributed by atoms with Crippen molar-refractivity contribution < 1.29 is 13.2 Å². The van der Waals surface area contributed by atoms with E-state index < -0.39 is 16.1 Å². The summed E-state index contributed by atoms with van der Waals surface area (Å²) < 4.78 is 23.7. The van der Waals surface area contributed by atoms with Gasteiger partial charge in [-0.15, -0.1) is 0 Å². The Kier molecular flexibility index (Phi) is 4.94. The van der Waals surface area contributed by atoms with Crippen LogP contribution < -0.4 is 10.9 Å². The first-order valence-electron chi connectivity index (χ1n) is 6.75. The molecule has 0 aliphatic carbocycles. The average Bonchev–Trinajstić information content (AvgIpc) is 2.48. The molecule has 0 bridgehead atoms. The molecule has 1 heterocycles. The van der Waals surface area contributed by atoms with Gasteiger partial charge in [0.2, 0.25) is 5.91 Å². The molecule has 7 nitrogen and oxygen atoms in total. The fraction of sp³-hybridized carbons (Fsp3) is 0.462. The maximum Gasteiger partial charge on any atom is 0.277 e. The Morgan fingerprint density at radius 3 is 2.19 bits per heavy atom. The van der Waals surface area contributed by atoms with E-state index in [0.717, 1.165) is 5.56 Å². The molecule has 1 aromatic rings. The monoisotopic (exact) mass is 312 g/mol. The molecule has 1 fully saturated rings. The molecule has 2 rings (SSSR count). The van der Waals surface area contributed by atoms with Gasteiger partial charge in [0.15, 0.2) is 0 Å². The summed E-state index contributed by atoms with van der Waals surface area (Å²) >= 11 is 0. The lowest BCUT2D eigenvalue weighted by Gasteiger charge is -2.34. The van der Waals surface area contributed by atoms with E-state index in [-0.39, 0.29) is 25.5 Å². The van der Waals surface area contributed by atoms with E-state index in [1.165, 1.54) is 4.31 Å². The number of piperazine rings is 1. The lowest BCUT2D eigenvalue weighted by molar-refractivity contribution is -0.133. The molecule has 0 spiro atoms. The summed E-state index contributed by atoms with van der Waals surface area (Å²) in [5, 5.41) is 5.08. The van der Waals surface area contributed by atoms with E-state index in [2.05, 4.69) is 0 Å². The van der Waals surface area contributed by atoms with Gasteiger partial charge in [-0.1, -0.05) is 30.3 Å². The second-order valence-corrected chi connectivity index (χ2v) is 6.51. The molecular formula is C13H20N4O3S. The Morgan fingerprint density at radius 2 is 1.71 bits per heavy atom. The van der Waals surface area contributed by atoms with E-state index in [9.17, 15) is 13.2 Å². The lowest BCUT2D eigenvalue weighted by Crippen LogP contribution is -2.53. The van der Waals surface area contributed by atoms with Crippen LogP contribution in [0.4, 0.5) is 0 Å². The molecule has 116 valence electrons. The van der Waals surface area contributed by atoms with Crippen molar-refractivity contribution in [3.63, 3.8) is 0 Å². The van der Waals surface area contributed by atoms with Crippen molar-refractivity contribution in [2.75, 3.05) is 32.7 Å². The van der Waals surface area contributed by atoms with Gasteiger partial charge in [0.1, 0.15) is 0 Å². The maximum atomic E-state index is 12.5. The Balaban J connectivity index is 2.04. The van der Waals surface area contributed by atoms with Crippen molar-refractivity contribution >= 4 is 16.1 Å². The third-order valence-electron chi connectivity index (χ3n) is 3.65. The Bertz CT molecular complexity index is 583. The molecule has 1 atom stereocenters. The van der Waals surface area contributed by atoms with Crippen LogP contribution >= 0.6 is 0 Å². The zero-order valence-corrected chi connectivity index (χ0v) is 12.5. The first-order valence-corrected chi connectivity index (χ1v) is 8.25. The van der Waals surface area contributed by atoms with Crippen LogP contribution in [0.2, 0.25) is 0 Å². The summed E-state index contributed by atoms with van der Waals surface area (Å²) in [7, 11) is -3.68. The topological polar surface area (TPSA) is 110 Å². The van der Waals surface area contributed by atoms with E-state index in [0.29, 0.717) is 13.1 Å². The van der Waals surface area contributed by atoms with Crippen LogP contribution in [0.15, 0.2) is 30.3 Å². The third kappa shape index (κ3) is 3.79. The number of carbonyl (C=O) groups excluding carboxylic acids is 1. The summed E-state index contributed by atoms with van der Waals surface area (Å²) in [6.07, 6.45) is 0. The van der Waals surface area contributed by atoms with Crippen molar-refractivity contribution in [3.05, 3.63) is 35.9 Å². The maximum absolute atomic E-state index is 12.5. The minimum Gasteiger partial charge on any atom is -0.339 e. The Hall–Kier alpha value is -1.48. The van der Waals surface area contributed by atoms with E-state index >= 15 is 0 Å². The first kappa shape index (κ1) is 15.9. The highest BCUT2D eigenvalue weighted by Gasteiger charge is 2.30. The number of hydrogen-bond acceptors (Lipinski definition) is 4. The molecule has 0 radical (unpaired) electrons. The van der Waals surface area contributed by atoms with Gasteiger partial charge in [0.25, 0.3) is 10.2 Å². The van der Waals surface area contributed by atoms with Crippen molar-refractivity contribution in [2.45, 2.75) is 5.92 Å². The van der Waals surface area contributed by atoms with Gasteiger partial charge in [-0.3, -0.25) is 4.79 Å². The largest absolute Gasteiger partial charge is 0.339 e. The molecule has 1 aliphatic rings. The molecule has 0 aromatic heterocycles. The SMILES string of the molecule is NCC(C(=O)N1CCN(S(N)(=O)=O)CC1)c1ccccc1. The number of benzene rings is 1. The summed E-state index contributed by atoms with van der Waals surface area (Å²) in [5.74, 6) is -0.468. The molecule has 0 saturated carbocycles. The normalized spacial score (nSPS) is 18.5. The highest BCUT2D eigenvalue weighted by atomic mass is 32.2. The number of hydrogen-bond donors (Lipinski definition) is 2. The van der Waals surface area contributed by atoms with E-state index in [1.807, 2.05) is 30.3 Å². The first-order chi connectivity index (χ1) is 9.93. The number of rotatable bonds is 4. The van der Waals surface area contributed by atoms with Crippen molar-refractivity contribution in [1.29, 1.82) is 0 Å². The molecule has 1 amide bonds. The zero-order valence-electron chi connectivity index (χ0n) is 11.7. The molecule has 8 heteroatoms. The predicted octanol–water partition coefficient (Wildman–Crippen LogP) is -0.923. The second kappa shape index (κ2) is 6.52. The molecule has 4 N–H and O–H groups in total. The summed E-state index contributed by atoms with van der Waals surface area (Å²) in [6, 6.07) is 9.35. The summed E-state index contributed by atoms with van der Waals surface area (Å²) in [6.45, 7) is 1.32. The molecular weight excluding hydrogens is 292 g/mol. The molecule has 1 saturated heterocycles. The molecule has 1 aromatic carbocycles. The van der Waals surface area contributed by atoms with Crippen molar-refractivity contribution in [1.82, 2.24) is 9.21 Å². The molecule has 1 aliphatic heterocycles. The zero-order chi connectivity index (χ0) is 15.5. The number of nitrogens with two attached hydrogens (primary N) is 2. The fourth-order valence-electron chi connectivity index (χ4n) is 2.45. The number of nitrogens with zero attached hydrogens (tertiary/aromatic N) is 2. The third-order valence-corrected chi connectivity index (χ3v) is 4.73. The van der Waals surface area contributed by atoms with Crippen LogP contribution in [0.1, 0.15) is 11.5 Å². The average molecular weight is 312 g/mol. The standard InChI is InChI=1S/C13H20N4O3S/c14-10-12(11-4-2-1-3-5-11)13(18)16-6-8-17(9-7-16)21(15,19)20/h1-5,12H,6-10,14H2,(H2,15,19,20). The van der Waals surface area contributed by atoms with Gasteiger partial charge >= 0.3 is 0 Å². The minimum absolute atomic E-state index is 0.0715. The van der Waals surface area contributed by atoms with Crippen molar-refractivity contribution in [3.8, 4) is 0 Å². The molecule has 21 heavy (non-hydrogen) atoms. The predicted molar refractivity (Wildman–Crippen MR) is 79.5 cm³/mol. The quantitative estimate of drug-likeness (QED) is 0.749. The highest BCUT2D eigenvalue weighted by Crippen LogP contribution is 2.18. The summed E-state index contributed by atoms with van der Waals surface area (Å²) in [5.41, 5.74) is 6.61. The van der Waals surface area contributed by atoms with Gasteiger partial charge in [0.05, 0.1) is 5.92 Å². The van der Waals surface area contributed by atoms with Crippen LogP contribution in [0.5, 0.6) is 0 Å². The second-order valence-electron chi connectivity index (χ2n) is 4.97. The van der Waals surface area contributed by atoms with Crippen LogP contribution in [0.25, 0.3) is 0 Å². The minimum atomic E-state index is -3.68. The van der Waals surface area contributed by atoms with Crippen LogP contribution in [0.3, 0.4) is 0 Å². The van der Waals surface area contributed by atoms with E-state index in [4.69, 9.17) is 10.9 Å². The lowest BCUT2D eigenvalue weighted by atomic mass is 9.97. The van der Waals surface area contributed by atoms with Gasteiger partial charge in [-0.05, 0) is 5.56 Å². The van der Waals surface area contributed by atoms with E-state index in [1.54, 1.807) is 4.90 Å². The highest BCUT2D eigenvalue weighted by molar-refractivity contribution is 7.86. The fourth-order valence-corrected chi connectivity index (χ4v) is 3.12. The van der Waals surface area contributed by atoms with Gasteiger partial charge in [0, 0.05) is 32.7 Å². The smallest absolute Gasteiger partial charge is 0.277 e. The van der Waals surface area contributed by atoms with Gasteiger partial charge < -0.3 is 10.6 Å². The Morgan fingerprint density at radius 1 is 1.14 bits per heavy atom. The van der Waals surface area contributed by atoms with Gasteiger partial charge in [-0.2, -0.15) is 12.7 Å². The van der Waals surface area contributed by atoms with Crippen LogP contribution in [0, 0.1) is 0 Å². The van der Waals surface area contributed by atoms with Crippen LogP contribution in [-0.4, -0.2) is 56.3 Å². The number of amides is 1. The van der Waals surface area contributed by atoms with Gasteiger partial charge in [-0.25, -0.2) is 5.14 Å². The molecule has 1 unspecified atom stereocenters. The Labute approximate surface area is 124 Å². The number of carbonyl (C=O) groups is 1. The van der Waals surface area contributed by atoms with Crippen molar-refractivity contribution in [2.24, 2.45) is 10.9 Å². The summed E-state index contributed by atoms with van der Waals surface area (Å²) in [4.78, 5) is 14.2.